The molecule has 0 bridgehead atoms. The summed E-state index contributed by atoms with van der Waals surface area (Å²) in [4.78, 5) is 21.9. The van der Waals surface area contributed by atoms with Crippen molar-refractivity contribution in [3.05, 3.63) is 78.4 Å². The number of rotatable bonds is 2. The van der Waals surface area contributed by atoms with Crippen LogP contribution in [-0.2, 0) is 0 Å². The van der Waals surface area contributed by atoms with E-state index >= 15 is 0 Å². The van der Waals surface area contributed by atoms with E-state index in [1.54, 1.807) is 7.11 Å². The van der Waals surface area contributed by atoms with Crippen molar-refractivity contribution in [1.29, 1.82) is 0 Å². The van der Waals surface area contributed by atoms with Crippen LogP contribution < -0.4 is 14.8 Å². The molecule has 0 unspecified atom stereocenters. The van der Waals surface area contributed by atoms with E-state index in [1.165, 1.54) is 0 Å². The molecule has 7 heteroatoms. The molecule has 3 aromatic carbocycles. The van der Waals surface area contributed by atoms with E-state index in [0.29, 0.717) is 36.9 Å². The molecule has 2 heterocycles. The second-order valence-electron chi connectivity index (χ2n) is 7.97. The lowest BCUT2D eigenvalue weighted by atomic mass is 10.1. The van der Waals surface area contributed by atoms with Crippen LogP contribution in [0, 0.1) is 0 Å². The summed E-state index contributed by atoms with van der Waals surface area (Å²) in [6.07, 6.45) is 0.836. The number of urea groups is 1. The summed E-state index contributed by atoms with van der Waals surface area (Å²) in [5.41, 5.74) is 2.45. The lowest BCUT2D eigenvalue weighted by Crippen LogP contribution is -2.39. The van der Waals surface area contributed by atoms with E-state index < -0.39 is 0 Å². The van der Waals surface area contributed by atoms with Crippen molar-refractivity contribution in [1.82, 2.24) is 9.80 Å². The zero-order chi connectivity index (χ0) is 22.6. The van der Waals surface area contributed by atoms with Crippen molar-refractivity contribution in [2.45, 2.75) is 6.42 Å². The Kier molecular flexibility index (Phi) is 5.85. The van der Waals surface area contributed by atoms with Gasteiger partial charge in [0.15, 0.2) is 17.2 Å². The van der Waals surface area contributed by atoms with Gasteiger partial charge in [-0.05, 0) is 42.8 Å². The number of carbonyl (C=O) groups is 1. The predicted molar refractivity (Wildman–Crippen MR) is 129 cm³/mol. The molecule has 1 fully saturated rings. The number of nitrogens with zero attached hydrogens (tertiary/aromatic N) is 3. The van der Waals surface area contributed by atoms with Crippen LogP contribution >= 0.6 is 0 Å². The molecule has 2 amide bonds. The normalized spacial score (nSPS) is 15.2. The Morgan fingerprint density at radius 1 is 0.939 bits per heavy atom. The molecule has 0 atom stereocenters. The Morgan fingerprint density at radius 3 is 2.61 bits per heavy atom. The number of hydrogen-bond acceptors (Lipinski definition) is 5. The molecule has 168 valence electrons. The summed E-state index contributed by atoms with van der Waals surface area (Å²) < 4.78 is 11.9. The van der Waals surface area contributed by atoms with Crippen LogP contribution in [0.15, 0.2) is 77.8 Å². The number of hydrogen-bond donors (Lipinski definition) is 1. The smallest absolute Gasteiger partial charge is 0.321 e. The summed E-state index contributed by atoms with van der Waals surface area (Å²) in [5.74, 6) is 2.85. The Hall–Kier alpha value is -4.00. The van der Waals surface area contributed by atoms with Crippen LogP contribution in [0.3, 0.4) is 0 Å². The second kappa shape index (κ2) is 9.24. The van der Waals surface area contributed by atoms with Crippen LogP contribution in [0.2, 0.25) is 0 Å². The minimum Gasteiger partial charge on any atom is -0.493 e. The van der Waals surface area contributed by atoms with Gasteiger partial charge in [-0.3, -0.25) is 0 Å². The van der Waals surface area contributed by atoms with Crippen molar-refractivity contribution < 1.29 is 14.3 Å². The first kappa shape index (κ1) is 20.9. The largest absolute Gasteiger partial charge is 0.493 e. The van der Waals surface area contributed by atoms with Gasteiger partial charge in [0.1, 0.15) is 11.5 Å². The van der Waals surface area contributed by atoms with Gasteiger partial charge in [0.05, 0.1) is 12.7 Å². The van der Waals surface area contributed by atoms with Crippen molar-refractivity contribution in [3.63, 3.8) is 0 Å². The highest BCUT2D eigenvalue weighted by atomic mass is 16.5. The summed E-state index contributed by atoms with van der Waals surface area (Å²) in [5, 5.41) is 2.99. The molecule has 3 aromatic rings. The van der Waals surface area contributed by atoms with E-state index in [-0.39, 0.29) is 6.03 Å². The molecule has 5 rings (SSSR count). The standard InChI is InChI=1S/C26H26N4O3/c1-32-23-14-7-11-20-24(23)33-22-13-6-5-12-21(22)28-25(20)29-15-8-16-30(18-17-29)26(31)27-19-9-3-2-4-10-19/h2-7,9-14H,8,15-18H2,1H3,(H,27,31). The first-order valence-electron chi connectivity index (χ1n) is 11.1. The van der Waals surface area contributed by atoms with Crippen LogP contribution in [-0.4, -0.2) is 55.0 Å². The maximum Gasteiger partial charge on any atom is 0.321 e. The van der Waals surface area contributed by atoms with Gasteiger partial charge < -0.3 is 24.6 Å². The lowest BCUT2D eigenvalue weighted by Gasteiger charge is -2.25. The summed E-state index contributed by atoms with van der Waals surface area (Å²) in [7, 11) is 1.64. The first-order valence-corrected chi connectivity index (χ1v) is 11.1. The molecular formula is C26H26N4O3. The molecule has 0 radical (unpaired) electrons. The molecule has 2 aliphatic rings. The SMILES string of the molecule is COc1cccc2c1Oc1ccccc1N=C2N1CCCN(C(=O)Nc2ccccc2)CC1. The molecule has 0 saturated carbocycles. The Morgan fingerprint density at radius 2 is 1.76 bits per heavy atom. The molecule has 1 saturated heterocycles. The van der Waals surface area contributed by atoms with Crippen molar-refractivity contribution >= 4 is 23.2 Å². The highest BCUT2D eigenvalue weighted by molar-refractivity contribution is 6.04. The minimum absolute atomic E-state index is 0.0818. The molecule has 1 N–H and O–H groups in total. The molecule has 33 heavy (non-hydrogen) atoms. The fourth-order valence-corrected chi connectivity index (χ4v) is 4.18. The third-order valence-electron chi connectivity index (χ3n) is 5.85. The second-order valence-corrected chi connectivity index (χ2v) is 7.97. The number of amidine groups is 1. The summed E-state index contributed by atoms with van der Waals surface area (Å²) in [6.45, 7) is 2.73. The first-order chi connectivity index (χ1) is 16.2. The fourth-order valence-electron chi connectivity index (χ4n) is 4.18. The van der Waals surface area contributed by atoms with Gasteiger partial charge in [-0.15, -0.1) is 0 Å². The Labute approximate surface area is 193 Å². The number of fused-ring (bicyclic) bond motifs is 2. The highest BCUT2D eigenvalue weighted by Gasteiger charge is 2.27. The van der Waals surface area contributed by atoms with Crippen LogP contribution in [0.5, 0.6) is 17.2 Å². The van der Waals surface area contributed by atoms with Crippen LogP contribution in [0.25, 0.3) is 0 Å². The number of anilines is 1. The van der Waals surface area contributed by atoms with E-state index in [4.69, 9.17) is 14.5 Å². The molecular weight excluding hydrogens is 416 g/mol. The van der Waals surface area contributed by atoms with E-state index in [9.17, 15) is 4.79 Å². The van der Waals surface area contributed by atoms with Crippen molar-refractivity contribution in [3.8, 4) is 17.2 Å². The molecule has 0 aliphatic carbocycles. The number of benzene rings is 3. The van der Waals surface area contributed by atoms with Gasteiger partial charge in [-0.2, -0.15) is 0 Å². The Balaban J connectivity index is 1.42. The number of para-hydroxylation sites is 4. The van der Waals surface area contributed by atoms with Gasteiger partial charge in [0.2, 0.25) is 0 Å². The number of ether oxygens (including phenoxy) is 2. The van der Waals surface area contributed by atoms with E-state index in [1.807, 2.05) is 77.7 Å². The lowest BCUT2D eigenvalue weighted by molar-refractivity contribution is 0.214. The minimum atomic E-state index is -0.0818. The monoisotopic (exact) mass is 442 g/mol. The third-order valence-corrected chi connectivity index (χ3v) is 5.85. The maximum absolute atomic E-state index is 12.8. The average molecular weight is 443 g/mol. The number of amides is 2. The van der Waals surface area contributed by atoms with Gasteiger partial charge in [0.25, 0.3) is 0 Å². The number of methoxy groups -OCH3 is 1. The topological polar surface area (TPSA) is 66.4 Å². The van der Waals surface area contributed by atoms with Crippen molar-refractivity contribution in [2.24, 2.45) is 4.99 Å². The summed E-state index contributed by atoms with van der Waals surface area (Å²) >= 11 is 0. The highest BCUT2D eigenvalue weighted by Crippen LogP contribution is 2.42. The van der Waals surface area contributed by atoms with Gasteiger partial charge in [0, 0.05) is 31.9 Å². The average Bonchev–Trinajstić information content (AvgIpc) is 3.19. The number of aliphatic imine (C=N–C) groups is 1. The zero-order valence-electron chi connectivity index (χ0n) is 18.5. The van der Waals surface area contributed by atoms with Crippen LogP contribution in [0.1, 0.15) is 12.0 Å². The fraction of sp³-hybridized carbons (Fsp3) is 0.231. The van der Waals surface area contributed by atoms with E-state index in [0.717, 1.165) is 35.7 Å². The molecule has 0 aromatic heterocycles. The van der Waals surface area contributed by atoms with Crippen LogP contribution in [0.4, 0.5) is 16.2 Å². The van der Waals surface area contributed by atoms with Crippen molar-refractivity contribution in [2.75, 3.05) is 38.6 Å². The van der Waals surface area contributed by atoms with Gasteiger partial charge in [-0.1, -0.05) is 36.4 Å². The third kappa shape index (κ3) is 4.35. The van der Waals surface area contributed by atoms with E-state index in [2.05, 4.69) is 10.2 Å². The Bertz CT molecular complexity index is 1180. The number of nitrogens with one attached hydrogen (secondary N) is 1. The maximum atomic E-state index is 12.8. The summed E-state index contributed by atoms with van der Waals surface area (Å²) in [6, 6.07) is 23.1. The molecule has 2 aliphatic heterocycles. The number of carbonyl (C=O) groups excluding carboxylic acids is 1. The quantitative estimate of drug-likeness (QED) is 0.598. The zero-order valence-corrected chi connectivity index (χ0v) is 18.5. The predicted octanol–water partition coefficient (Wildman–Crippen LogP) is 5.12. The molecule has 7 nitrogen and oxygen atoms in total. The molecule has 0 spiro atoms. The van der Waals surface area contributed by atoms with Gasteiger partial charge in [-0.25, -0.2) is 9.79 Å². The van der Waals surface area contributed by atoms with Gasteiger partial charge >= 0.3 is 6.03 Å².